The smallest absolute Gasteiger partial charge is 0.289 e. The van der Waals surface area contributed by atoms with E-state index in [9.17, 15) is 9.59 Å². The number of nitrogens with one attached hydrogen (secondary N) is 1. The second kappa shape index (κ2) is 7.96. The second-order valence-electron chi connectivity index (χ2n) is 7.26. The molecule has 1 aromatic carbocycles. The molecule has 1 N–H and O–H groups in total. The molecule has 1 atom stereocenters. The van der Waals surface area contributed by atoms with E-state index in [2.05, 4.69) is 28.4 Å². The van der Waals surface area contributed by atoms with Gasteiger partial charge < -0.3 is 14.6 Å². The summed E-state index contributed by atoms with van der Waals surface area (Å²) in [5, 5.41) is 3.20. The Kier molecular flexibility index (Phi) is 5.25. The molecule has 2 aliphatic rings. The zero-order valence-electron chi connectivity index (χ0n) is 15.4. The Hall–Kier alpha value is -2.60. The van der Waals surface area contributed by atoms with Crippen LogP contribution in [-0.2, 0) is 11.2 Å². The summed E-state index contributed by atoms with van der Waals surface area (Å²) in [7, 11) is 0. The Bertz CT molecular complexity index is 795. The number of aryl methyl sites for hydroxylation is 1. The van der Waals surface area contributed by atoms with E-state index in [1.165, 1.54) is 17.4 Å². The maximum Gasteiger partial charge on any atom is 0.289 e. The van der Waals surface area contributed by atoms with Crippen LogP contribution >= 0.6 is 0 Å². The normalized spacial score (nSPS) is 20.1. The molecule has 1 saturated heterocycles. The number of carbonyl (C=O) groups excluding carboxylic acids is 2. The van der Waals surface area contributed by atoms with E-state index >= 15 is 0 Å². The molecule has 0 saturated carbocycles. The number of piperazine rings is 1. The standard InChI is InChI=1S/C21H25N3O3/c25-20(22-18-8-3-6-16-5-1-2-7-17(16)18)15-23-10-12-24(13-11-23)21(26)19-9-4-14-27-19/h1-2,4-5,7,9,14,18H,3,6,8,10-13,15H2,(H,22,25). The van der Waals surface area contributed by atoms with Crippen molar-refractivity contribution in [2.24, 2.45) is 0 Å². The summed E-state index contributed by atoms with van der Waals surface area (Å²) >= 11 is 0. The SMILES string of the molecule is O=C(CN1CCN(C(=O)c2ccco2)CC1)NC1CCCc2ccccc21. The molecule has 1 unspecified atom stereocenters. The van der Waals surface area contributed by atoms with E-state index in [0.29, 0.717) is 38.5 Å². The van der Waals surface area contributed by atoms with Crippen molar-refractivity contribution in [2.75, 3.05) is 32.7 Å². The maximum atomic E-state index is 12.5. The first-order valence-corrected chi connectivity index (χ1v) is 9.63. The van der Waals surface area contributed by atoms with E-state index in [1.807, 2.05) is 6.07 Å². The predicted molar refractivity (Wildman–Crippen MR) is 101 cm³/mol. The number of nitrogens with zero attached hydrogens (tertiary/aromatic N) is 2. The molecule has 2 aromatic rings. The summed E-state index contributed by atoms with van der Waals surface area (Å²) in [5.41, 5.74) is 2.60. The van der Waals surface area contributed by atoms with Gasteiger partial charge in [-0.3, -0.25) is 14.5 Å². The van der Waals surface area contributed by atoms with Crippen LogP contribution in [0.1, 0.15) is 40.6 Å². The van der Waals surface area contributed by atoms with Crippen LogP contribution in [0.4, 0.5) is 0 Å². The fourth-order valence-corrected chi connectivity index (χ4v) is 4.01. The lowest BCUT2D eigenvalue weighted by atomic mass is 9.88. The highest BCUT2D eigenvalue weighted by molar-refractivity contribution is 5.91. The fourth-order valence-electron chi connectivity index (χ4n) is 4.01. The minimum Gasteiger partial charge on any atom is -0.459 e. The Labute approximate surface area is 159 Å². The van der Waals surface area contributed by atoms with Crippen molar-refractivity contribution in [3.8, 4) is 0 Å². The first-order valence-electron chi connectivity index (χ1n) is 9.63. The Morgan fingerprint density at radius 3 is 2.67 bits per heavy atom. The number of hydrogen-bond acceptors (Lipinski definition) is 4. The van der Waals surface area contributed by atoms with Gasteiger partial charge >= 0.3 is 0 Å². The molecule has 1 aliphatic carbocycles. The van der Waals surface area contributed by atoms with E-state index in [1.54, 1.807) is 17.0 Å². The second-order valence-corrected chi connectivity index (χ2v) is 7.26. The van der Waals surface area contributed by atoms with E-state index in [0.717, 1.165) is 19.3 Å². The summed E-state index contributed by atoms with van der Waals surface area (Å²) < 4.78 is 5.18. The number of carbonyl (C=O) groups is 2. The zero-order valence-corrected chi connectivity index (χ0v) is 15.4. The van der Waals surface area contributed by atoms with Gasteiger partial charge in [-0.15, -0.1) is 0 Å². The third kappa shape index (κ3) is 4.06. The van der Waals surface area contributed by atoms with Crippen LogP contribution in [-0.4, -0.2) is 54.3 Å². The number of fused-ring (bicyclic) bond motifs is 1. The molecule has 27 heavy (non-hydrogen) atoms. The fraction of sp³-hybridized carbons (Fsp3) is 0.429. The van der Waals surface area contributed by atoms with Crippen LogP contribution in [0.15, 0.2) is 47.1 Å². The lowest BCUT2D eigenvalue weighted by Crippen LogP contribution is -2.51. The average molecular weight is 367 g/mol. The lowest BCUT2D eigenvalue weighted by Gasteiger charge is -2.34. The van der Waals surface area contributed by atoms with Crippen LogP contribution in [0.3, 0.4) is 0 Å². The summed E-state index contributed by atoms with van der Waals surface area (Å²) in [5.74, 6) is 0.350. The van der Waals surface area contributed by atoms with Crippen LogP contribution in [0.5, 0.6) is 0 Å². The van der Waals surface area contributed by atoms with Crippen molar-refractivity contribution in [1.29, 1.82) is 0 Å². The van der Waals surface area contributed by atoms with Gasteiger partial charge in [-0.25, -0.2) is 0 Å². The van der Waals surface area contributed by atoms with Crippen LogP contribution in [0, 0.1) is 0 Å². The lowest BCUT2D eigenvalue weighted by molar-refractivity contribution is -0.123. The van der Waals surface area contributed by atoms with Crippen molar-refractivity contribution in [3.63, 3.8) is 0 Å². The summed E-state index contributed by atoms with van der Waals surface area (Å²) in [6.45, 7) is 2.99. The highest BCUT2D eigenvalue weighted by atomic mass is 16.3. The quantitative estimate of drug-likeness (QED) is 0.900. The first kappa shape index (κ1) is 17.8. The topological polar surface area (TPSA) is 65.8 Å². The summed E-state index contributed by atoms with van der Waals surface area (Å²) in [6.07, 6.45) is 4.70. The largest absolute Gasteiger partial charge is 0.459 e. The predicted octanol–water partition coefficient (Wildman–Crippen LogP) is 2.23. The average Bonchev–Trinajstić information content (AvgIpc) is 3.23. The van der Waals surface area contributed by atoms with Gasteiger partial charge in [0, 0.05) is 26.2 Å². The molecular weight excluding hydrogens is 342 g/mol. The number of benzene rings is 1. The highest BCUT2D eigenvalue weighted by Crippen LogP contribution is 2.29. The molecule has 6 heteroatoms. The Morgan fingerprint density at radius 1 is 1.07 bits per heavy atom. The monoisotopic (exact) mass is 367 g/mol. The number of amides is 2. The molecule has 0 spiro atoms. The molecule has 1 fully saturated rings. The zero-order chi connectivity index (χ0) is 18.6. The number of hydrogen-bond donors (Lipinski definition) is 1. The molecule has 4 rings (SSSR count). The highest BCUT2D eigenvalue weighted by Gasteiger charge is 2.26. The molecular formula is C21H25N3O3. The van der Waals surface area contributed by atoms with Gasteiger partial charge in [0.2, 0.25) is 5.91 Å². The van der Waals surface area contributed by atoms with Crippen molar-refractivity contribution in [3.05, 3.63) is 59.5 Å². The Morgan fingerprint density at radius 2 is 1.89 bits per heavy atom. The number of furan rings is 1. The van der Waals surface area contributed by atoms with Crippen LogP contribution in [0.25, 0.3) is 0 Å². The van der Waals surface area contributed by atoms with Gasteiger partial charge in [-0.2, -0.15) is 0 Å². The van der Waals surface area contributed by atoms with Gasteiger partial charge in [0.15, 0.2) is 5.76 Å². The minimum atomic E-state index is -0.0806. The maximum absolute atomic E-state index is 12.5. The van der Waals surface area contributed by atoms with E-state index in [4.69, 9.17) is 4.42 Å². The number of rotatable bonds is 4. The third-order valence-corrected chi connectivity index (χ3v) is 5.46. The molecule has 0 bridgehead atoms. The molecule has 2 heterocycles. The molecule has 0 radical (unpaired) electrons. The van der Waals surface area contributed by atoms with Gasteiger partial charge in [0.1, 0.15) is 0 Å². The molecule has 1 aromatic heterocycles. The van der Waals surface area contributed by atoms with Gasteiger partial charge in [-0.05, 0) is 42.5 Å². The van der Waals surface area contributed by atoms with Crippen molar-refractivity contribution >= 4 is 11.8 Å². The van der Waals surface area contributed by atoms with Crippen molar-refractivity contribution in [2.45, 2.75) is 25.3 Å². The van der Waals surface area contributed by atoms with E-state index < -0.39 is 0 Å². The van der Waals surface area contributed by atoms with Crippen LogP contribution < -0.4 is 5.32 Å². The molecule has 6 nitrogen and oxygen atoms in total. The summed E-state index contributed by atoms with van der Waals surface area (Å²) in [4.78, 5) is 28.7. The third-order valence-electron chi connectivity index (χ3n) is 5.46. The minimum absolute atomic E-state index is 0.0579. The van der Waals surface area contributed by atoms with Crippen molar-refractivity contribution in [1.82, 2.24) is 15.1 Å². The molecule has 2 amide bonds. The van der Waals surface area contributed by atoms with Crippen molar-refractivity contribution < 1.29 is 14.0 Å². The van der Waals surface area contributed by atoms with E-state index in [-0.39, 0.29) is 17.9 Å². The van der Waals surface area contributed by atoms with Gasteiger partial charge in [0.05, 0.1) is 18.8 Å². The Balaban J connectivity index is 1.27. The van der Waals surface area contributed by atoms with Crippen LogP contribution in [0.2, 0.25) is 0 Å². The molecule has 1 aliphatic heterocycles. The first-order chi connectivity index (χ1) is 13.2. The van der Waals surface area contributed by atoms with Gasteiger partial charge in [0.25, 0.3) is 5.91 Å². The summed E-state index contributed by atoms with van der Waals surface area (Å²) in [6, 6.07) is 11.9. The van der Waals surface area contributed by atoms with Gasteiger partial charge in [-0.1, -0.05) is 24.3 Å². The molecule has 142 valence electrons.